The average molecular weight is 222 g/mol. The lowest BCUT2D eigenvalue weighted by molar-refractivity contribution is 0.0695. The Bertz CT molecular complexity index is 359. The quantitative estimate of drug-likeness (QED) is 0.781. The highest BCUT2D eigenvalue weighted by atomic mass is 35.5. The molecule has 0 aliphatic heterocycles. The third kappa shape index (κ3) is 1.98. The van der Waals surface area contributed by atoms with Crippen LogP contribution in [0.1, 0.15) is 28.0 Å². The fourth-order valence-electron chi connectivity index (χ4n) is 1.03. The van der Waals surface area contributed by atoms with Crippen LogP contribution < -0.4 is 0 Å². The number of aromatic carboxylic acids is 1. The fraction of sp³-hybridized carbons (Fsp3) is 0.250. The molecule has 0 aliphatic rings. The molecule has 1 rings (SSSR count). The summed E-state index contributed by atoms with van der Waals surface area (Å²) in [6.07, 6.45) is -2.76. The highest BCUT2D eigenvalue weighted by molar-refractivity contribution is 6.32. The molecular formula is C8H6ClF2NO2. The van der Waals surface area contributed by atoms with E-state index < -0.39 is 23.2 Å². The monoisotopic (exact) mass is 221 g/mol. The van der Waals surface area contributed by atoms with Crippen LogP contribution in [0.25, 0.3) is 0 Å². The summed E-state index contributed by atoms with van der Waals surface area (Å²) in [5.74, 6) is -1.28. The van der Waals surface area contributed by atoms with E-state index in [0.29, 0.717) is 0 Å². The van der Waals surface area contributed by atoms with Gasteiger partial charge in [-0.05, 0) is 18.6 Å². The smallest absolute Gasteiger partial charge is 0.339 e. The summed E-state index contributed by atoms with van der Waals surface area (Å²) in [5.41, 5.74) is -0.582. The molecule has 0 saturated carbocycles. The molecule has 14 heavy (non-hydrogen) atoms. The number of nitrogens with zero attached hydrogens (tertiary/aromatic N) is 1. The number of aromatic nitrogens is 1. The summed E-state index contributed by atoms with van der Waals surface area (Å²) in [6.45, 7) is 1.39. The van der Waals surface area contributed by atoms with Crippen molar-refractivity contribution in [1.82, 2.24) is 4.98 Å². The molecule has 3 nitrogen and oxygen atoms in total. The van der Waals surface area contributed by atoms with Crippen LogP contribution >= 0.6 is 11.6 Å². The van der Waals surface area contributed by atoms with E-state index in [0.717, 1.165) is 6.07 Å². The lowest BCUT2D eigenvalue weighted by Crippen LogP contribution is -2.05. The molecule has 0 aliphatic carbocycles. The van der Waals surface area contributed by atoms with Gasteiger partial charge in [-0.25, -0.2) is 18.6 Å². The SMILES string of the molecule is Cc1cc(C(F)F)nc(Cl)c1C(=O)O. The Morgan fingerprint density at radius 1 is 1.64 bits per heavy atom. The zero-order chi connectivity index (χ0) is 10.9. The van der Waals surface area contributed by atoms with E-state index in [4.69, 9.17) is 16.7 Å². The normalized spacial score (nSPS) is 10.6. The van der Waals surface area contributed by atoms with Crippen molar-refractivity contribution in [2.75, 3.05) is 0 Å². The van der Waals surface area contributed by atoms with Gasteiger partial charge in [0.2, 0.25) is 0 Å². The van der Waals surface area contributed by atoms with Gasteiger partial charge in [-0.1, -0.05) is 11.6 Å². The standard InChI is InChI=1S/C8H6ClF2NO2/c1-3-2-4(7(10)11)12-6(9)5(3)8(13)14/h2,7H,1H3,(H,13,14). The lowest BCUT2D eigenvalue weighted by atomic mass is 10.1. The van der Waals surface area contributed by atoms with Gasteiger partial charge in [0.1, 0.15) is 10.8 Å². The highest BCUT2D eigenvalue weighted by Gasteiger charge is 2.18. The maximum absolute atomic E-state index is 12.2. The second kappa shape index (κ2) is 3.88. The van der Waals surface area contributed by atoms with Crippen molar-refractivity contribution in [3.8, 4) is 0 Å². The van der Waals surface area contributed by atoms with Crippen LogP contribution in [-0.2, 0) is 0 Å². The topological polar surface area (TPSA) is 50.2 Å². The molecule has 0 saturated heterocycles. The molecule has 1 heterocycles. The summed E-state index contributed by atoms with van der Waals surface area (Å²) in [4.78, 5) is 13.9. The zero-order valence-corrected chi connectivity index (χ0v) is 7.85. The van der Waals surface area contributed by atoms with Gasteiger partial charge in [0.25, 0.3) is 6.43 Å². The van der Waals surface area contributed by atoms with Crippen LogP contribution in [0.3, 0.4) is 0 Å². The Kier molecular flexibility index (Phi) is 3.00. The van der Waals surface area contributed by atoms with Gasteiger partial charge in [0.15, 0.2) is 0 Å². The van der Waals surface area contributed by atoms with E-state index in [-0.39, 0.29) is 11.1 Å². The highest BCUT2D eigenvalue weighted by Crippen LogP contribution is 2.24. The second-order valence-electron chi connectivity index (χ2n) is 2.64. The number of carboxylic acid groups (broad SMARTS) is 1. The number of hydrogen-bond donors (Lipinski definition) is 1. The Labute approximate surface area is 83.3 Å². The van der Waals surface area contributed by atoms with E-state index in [1.165, 1.54) is 6.92 Å². The molecule has 76 valence electrons. The molecule has 1 aromatic rings. The number of carbonyl (C=O) groups is 1. The van der Waals surface area contributed by atoms with Gasteiger partial charge in [0.05, 0.1) is 5.56 Å². The Hall–Kier alpha value is -1.23. The number of carboxylic acids is 1. The Balaban J connectivity index is 3.32. The Morgan fingerprint density at radius 3 is 2.57 bits per heavy atom. The molecule has 0 radical (unpaired) electrons. The molecule has 0 amide bonds. The van der Waals surface area contributed by atoms with Crippen LogP contribution in [0.4, 0.5) is 8.78 Å². The van der Waals surface area contributed by atoms with Crippen molar-refractivity contribution in [3.63, 3.8) is 0 Å². The predicted octanol–water partition coefficient (Wildman–Crippen LogP) is 2.68. The zero-order valence-electron chi connectivity index (χ0n) is 7.09. The van der Waals surface area contributed by atoms with Crippen LogP contribution in [0, 0.1) is 6.92 Å². The summed E-state index contributed by atoms with van der Waals surface area (Å²) in [7, 11) is 0. The first-order chi connectivity index (χ1) is 6.43. The summed E-state index contributed by atoms with van der Waals surface area (Å²) < 4.78 is 24.4. The first kappa shape index (κ1) is 10.8. The molecular weight excluding hydrogens is 216 g/mol. The molecule has 6 heteroatoms. The number of pyridine rings is 1. The molecule has 1 aromatic heterocycles. The number of rotatable bonds is 2. The van der Waals surface area contributed by atoms with Gasteiger partial charge in [0, 0.05) is 0 Å². The molecule has 0 fully saturated rings. The largest absolute Gasteiger partial charge is 0.478 e. The molecule has 0 bridgehead atoms. The van der Waals surface area contributed by atoms with E-state index in [1.54, 1.807) is 0 Å². The van der Waals surface area contributed by atoms with Gasteiger partial charge in [-0.15, -0.1) is 0 Å². The number of aryl methyl sites for hydroxylation is 1. The molecule has 1 N–H and O–H groups in total. The van der Waals surface area contributed by atoms with Crippen molar-refractivity contribution in [1.29, 1.82) is 0 Å². The minimum absolute atomic E-state index is 0.174. The molecule has 0 unspecified atom stereocenters. The number of halogens is 3. The molecule has 0 atom stereocenters. The van der Waals surface area contributed by atoms with Crippen molar-refractivity contribution < 1.29 is 18.7 Å². The minimum atomic E-state index is -2.76. The summed E-state index contributed by atoms with van der Waals surface area (Å²) in [5, 5.41) is 8.25. The van der Waals surface area contributed by atoms with Crippen LogP contribution in [0.5, 0.6) is 0 Å². The number of alkyl halides is 2. The van der Waals surface area contributed by atoms with E-state index >= 15 is 0 Å². The minimum Gasteiger partial charge on any atom is -0.478 e. The first-order valence-electron chi connectivity index (χ1n) is 3.62. The van der Waals surface area contributed by atoms with Crippen LogP contribution in [0.15, 0.2) is 6.07 Å². The van der Waals surface area contributed by atoms with Gasteiger partial charge in [-0.2, -0.15) is 0 Å². The third-order valence-electron chi connectivity index (χ3n) is 1.63. The van der Waals surface area contributed by atoms with E-state index in [9.17, 15) is 13.6 Å². The van der Waals surface area contributed by atoms with Gasteiger partial charge in [-0.3, -0.25) is 0 Å². The predicted molar refractivity (Wildman–Crippen MR) is 45.9 cm³/mol. The van der Waals surface area contributed by atoms with Crippen molar-refractivity contribution in [2.45, 2.75) is 13.3 Å². The van der Waals surface area contributed by atoms with E-state index in [1.807, 2.05) is 0 Å². The van der Waals surface area contributed by atoms with E-state index in [2.05, 4.69) is 4.98 Å². The fourth-order valence-corrected chi connectivity index (χ4v) is 1.35. The second-order valence-corrected chi connectivity index (χ2v) is 2.99. The third-order valence-corrected chi connectivity index (χ3v) is 1.90. The maximum Gasteiger partial charge on any atom is 0.339 e. The first-order valence-corrected chi connectivity index (χ1v) is 3.99. The van der Waals surface area contributed by atoms with Gasteiger partial charge < -0.3 is 5.11 Å². The van der Waals surface area contributed by atoms with Crippen LogP contribution in [0.2, 0.25) is 5.15 Å². The lowest BCUT2D eigenvalue weighted by Gasteiger charge is -2.05. The Morgan fingerprint density at radius 2 is 2.21 bits per heavy atom. The van der Waals surface area contributed by atoms with Gasteiger partial charge >= 0.3 is 5.97 Å². The summed E-state index contributed by atoms with van der Waals surface area (Å²) in [6, 6.07) is 1.01. The maximum atomic E-state index is 12.2. The van der Waals surface area contributed by atoms with Crippen molar-refractivity contribution in [3.05, 3.63) is 28.0 Å². The molecule has 0 aromatic carbocycles. The van der Waals surface area contributed by atoms with Crippen LogP contribution in [-0.4, -0.2) is 16.1 Å². The molecule has 0 spiro atoms. The summed E-state index contributed by atoms with van der Waals surface area (Å²) >= 11 is 5.45. The van der Waals surface area contributed by atoms with Crippen molar-refractivity contribution in [2.24, 2.45) is 0 Å². The average Bonchev–Trinajstić information content (AvgIpc) is 2.01. The van der Waals surface area contributed by atoms with Crippen molar-refractivity contribution >= 4 is 17.6 Å². The number of hydrogen-bond acceptors (Lipinski definition) is 2.